The third-order valence-electron chi connectivity index (χ3n) is 2.04. The first-order chi connectivity index (χ1) is 7.08. The van der Waals surface area contributed by atoms with E-state index in [4.69, 9.17) is 15.3 Å². The first kappa shape index (κ1) is 10.4. The summed E-state index contributed by atoms with van der Waals surface area (Å²) in [4.78, 5) is 11.3. The van der Waals surface area contributed by atoms with Gasteiger partial charge < -0.3 is 15.3 Å². The Morgan fingerprint density at radius 1 is 1.40 bits per heavy atom. The largest absolute Gasteiger partial charge is 0.422 e. The van der Waals surface area contributed by atoms with Crippen molar-refractivity contribution >= 4 is 26.9 Å². The van der Waals surface area contributed by atoms with Crippen LogP contribution >= 0.6 is 15.9 Å². The SMILES string of the molecule is NC(O)c1cc2cc(Br)ccc2oc1=O. The predicted molar refractivity (Wildman–Crippen MR) is 59.3 cm³/mol. The lowest BCUT2D eigenvalue weighted by atomic mass is 10.2. The van der Waals surface area contributed by atoms with Crippen LogP contribution in [0.1, 0.15) is 11.8 Å². The van der Waals surface area contributed by atoms with E-state index >= 15 is 0 Å². The van der Waals surface area contributed by atoms with Gasteiger partial charge in [0.2, 0.25) is 0 Å². The van der Waals surface area contributed by atoms with Crippen molar-refractivity contribution in [3.8, 4) is 0 Å². The first-order valence-corrected chi connectivity index (χ1v) is 5.04. The fourth-order valence-corrected chi connectivity index (χ4v) is 1.70. The molecule has 0 radical (unpaired) electrons. The molecule has 78 valence electrons. The lowest BCUT2D eigenvalue weighted by molar-refractivity contribution is 0.182. The zero-order valence-corrected chi connectivity index (χ0v) is 9.19. The lowest BCUT2D eigenvalue weighted by Crippen LogP contribution is -2.18. The van der Waals surface area contributed by atoms with Gasteiger partial charge in [-0.3, -0.25) is 0 Å². The van der Waals surface area contributed by atoms with Crippen LogP contribution in [0.4, 0.5) is 0 Å². The topological polar surface area (TPSA) is 76.5 Å². The van der Waals surface area contributed by atoms with Gasteiger partial charge in [-0.25, -0.2) is 4.79 Å². The second kappa shape index (κ2) is 3.77. The highest BCUT2D eigenvalue weighted by molar-refractivity contribution is 9.10. The lowest BCUT2D eigenvalue weighted by Gasteiger charge is -2.04. The molecule has 1 heterocycles. The molecule has 1 aromatic carbocycles. The van der Waals surface area contributed by atoms with Crippen LogP contribution in [-0.2, 0) is 0 Å². The van der Waals surface area contributed by atoms with Crippen molar-refractivity contribution in [3.63, 3.8) is 0 Å². The summed E-state index contributed by atoms with van der Waals surface area (Å²) in [5.41, 5.74) is 5.14. The molecule has 0 bridgehead atoms. The first-order valence-electron chi connectivity index (χ1n) is 4.25. The minimum atomic E-state index is -1.32. The van der Waals surface area contributed by atoms with Gasteiger partial charge in [0, 0.05) is 9.86 Å². The van der Waals surface area contributed by atoms with Crippen molar-refractivity contribution in [1.29, 1.82) is 0 Å². The van der Waals surface area contributed by atoms with Crippen LogP contribution in [0.25, 0.3) is 11.0 Å². The van der Waals surface area contributed by atoms with Crippen molar-refractivity contribution in [3.05, 3.63) is 44.7 Å². The Kier molecular flexibility index (Phi) is 2.60. The number of hydrogen-bond donors (Lipinski definition) is 2. The third-order valence-corrected chi connectivity index (χ3v) is 2.53. The van der Waals surface area contributed by atoms with Crippen molar-refractivity contribution in [1.82, 2.24) is 0 Å². The summed E-state index contributed by atoms with van der Waals surface area (Å²) in [6.45, 7) is 0. The van der Waals surface area contributed by atoms with E-state index in [-0.39, 0.29) is 5.56 Å². The molecular formula is C10H8BrNO3. The highest BCUT2D eigenvalue weighted by Crippen LogP contribution is 2.20. The second-order valence-corrected chi connectivity index (χ2v) is 4.03. The molecule has 3 N–H and O–H groups in total. The Morgan fingerprint density at radius 3 is 2.80 bits per heavy atom. The van der Waals surface area contributed by atoms with Gasteiger partial charge in [0.15, 0.2) is 0 Å². The second-order valence-electron chi connectivity index (χ2n) is 3.12. The molecule has 2 rings (SSSR count). The molecule has 15 heavy (non-hydrogen) atoms. The van der Waals surface area contributed by atoms with E-state index < -0.39 is 11.9 Å². The van der Waals surface area contributed by atoms with E-state index in [9.17, 15) is 4.79 Å². The third kappa shape index (κ3) is 1.94. The number of fused-ring (bicyclic) bond motifs is 1. The van der Waals surface area contributed by atoms with Gasteiger partial charge >= 0.3 is 5.63 Å². The van der Waals surface area contributed by atoms with Gasteiger partial charge in [-0.05, 0) is 24.3 Å². The van der Waals surface area contributed by atoms with E-state index in [2.05, 4.69) is 15.9 Å². The van der Waals surface area contributed by atoms with Crippen LogP contribution in [-0.4, -0.2) is 5.11 Å². The average Bonchev–Trinajstić information content (AvgIpc) is 2.17. The van der Waals surface area contributed by atoms with Gasteiger partial charge in [0.05, 0.1) is 5.56 Å². The van der Waals surface area contributed by atoms with Gasteiger partial charge in [-0.1, -0.05) is 15.9 Å². The van der Waals surface area contributed by atoms with Crippen LogP contribution in [0.15, 0.2) is 37.9 Å². The highest BCUT2D eigenvalue weighted by atomic mass is 79.9. The average molecular weight is 270 g/mol. The van der Waals surface area contributed by atoms with Crippen LogP contribution < -0.4 is 11.4 Å². The zero-order chi connectivity index (χ0) is 11.0. The smallest absolute Gasteiger partial charge is 0.343 e. The Hall–Kier alpha value is -1.17. The quantitative estimate of drug-likeness (QED) is 0.608. The summed E-state index contributed by atoms with van der Waals surface area (Å²) in [7, 11) is 0. The van der Waals surface area contributed by atoms with Crippen molar-refractivity contribution in [2.45, 2.75) is 6.23 Å². The summed E-state index contributed by atoms with van der Waals surface area (Å²) >= 11 is 3.30. The zero-order valence-electron chi connectivity index (χ0n) is 7.61. The Bertz CT molecular complexity index is 562. The van der Waals surface area contributed by atoms with Gasteiger partial charge in [-0.2, -0.15) is 0 Å². The molecule has 0 amide bonds. The highest BCUT2D eigenvalue weighted by Gasteiger charge is 2.10. The van der Waals surface area contributed by atoms with Crippen molar-refractivity contribution in [2.75, 3.05) is 0 Å². The molecule has 0 aliphatic rings. The summed E-state index contributed by atoms with van der Waals surface area (Å²) in [6, 6.07) is 6.75. The summed E-state index contributed by atoms with van der Waals surface area (Å²) < 4.78 is 5.86. The standard InChI is InChI=1S/C10H8BrNO3/c11-6-1-2-8-5(3-6)4-7(9(12)13)10(14)15-8/h1-4,9,13H,12H2. The van der Waals surface area contributed by atoms with Crippen LogP contribution in [0.5, 0.6) is 0 Å². The summed E-state index contributed by atoms with van der Waals surface area (Å²) in [5, 5.41) is 9.85. The maximum atomic E-state index is 11.3. The normalized spacial score (nSPS) is 13.0. The van der Waals surface area contributed by atoms with E-state index in [1.165, 1.54) is 6.07 Å². The summed E-state index contributed by atoms with van der Waals surface area (Å²) in [6.07, 6.45) is -1.32. The van der Waals surface area contributed by atoms with Gasteiger partial charge in [0.25, 0.3) is 0 Å². The monoisotopic (exact) mass is 269 g/mol. The molecule has 1 aromatic heterocycles. The van der Waals surface area contributed by atoms with E-state index in [1.807, 2.05) is 0 Å². The van der Waals surface area contributed by atoms with E-state index in [1.54, 1.807) is 18.2 Å². The van der Waals surface area contributed by atoms with E-state index in [0.717, 1.165) is 4.47 Å². The van der Waals surface area contributed by atoms with Crippen LogP contribution in [0, 0.1) is 0 Å². The maximum Gasteiger partial charge on any atom is 0.343 e. The fraction of sp³-hybridized carbons (Fsp3) is 0.100. The number of nitrogens with two attached hydrogens (primary N) is 1. The molecule has 0 aliphatic heterocycles. The molecule has 4 nitrogen and oxygen atoms in total. The van der Waals surface area contributed by atoms with Crippen LogP contribution in [0.3, 0.4) is 0 Å². The molecule has 2 aromatic rings. The molecule has 0 saturated heterocycles. The van der Waals surface area contributed by atoms with Gasteiger partial charge in [-0.15, -0.1) is 0 Å². The fourth-order valence-electron chi connectivity index (χ4n) is 1.32. The maximum absolute atomic E-state index is 11.3. The molecule has 5 heteroatoms. The molecular weight excluding hydrogens is 262 g/mol. The Labute approximate surface area is 93.4 Å². The van der Waals surface area contributed by atoms with Crippen LogP contribution in [0.2, 0.25) is 0 Å². The number of halogens is 1. The number of aliphatic hydroxyl groups is 1. The summed E-state index contributed by atoms with van der Waals surface area (Å²) in [5.74, 6) is 0. The number of hydrogen-bond acceptors (Lipinski definition) is 4. The number of aliphatic hydroxyl groups excluding tert-OH is 1. The molecule has 0 fully saturated rings. The minimum absolute atomic E-state index is 0.0561. The minimum Gasteiger partial charge on any atom is -0.422 e. The van der Waals surface area contributed by atoms with Gasteiger partial charge in [0.1, 0.15) is 11.8 Å². The predicted octanol–water partition coefficient (Wildman–Crippen LogP) is 1.51. The van der Waals surface area contributed by atoms with Crippen molar-refractivity contribution < 1.29 is 9.52 Å². The number of rotatable bonds is 1. The Balaban J connectivity index is 2.77. The van der Waals surface area contributed by atoms with E-state index in [0.29, 0.717) is 11.0 Å². The Morgan fingerprint density at radius 2 is 2.13 bits per heavy atom. The molecule has 0 spiro atoms. The number of benzene rings is 1. The molecule has 1 atom stereocenters. The van der Waals surface area contributed by atoms with Crippen molar-refractivity contribution in [2.24, 2.45) is 5.73 Å². The molecule has 1 unspecified atom stereocenters. The molecule has 0 saturated carbocycles. The molecule has 0 aliphatic carbocycles.